The standard InChI is InChI=1S/C16H34NO4/c1-7-11-18-15(5,19-12-8-2)17-16(6,20-13-9-3)21-14-10-4/h7-14H2,1-6H3. The van der Waals surface area contributed by atoms with E-state index in [0.717, 1.165) is 25.7 Å². The van der Waals surface area contributed by atoms with Crippen molar-refractivity contribution >= 4 is 0 Å². The first-order valence-electron chi connectivity index (χ1n) is 8.25. The molecule has 5 nitrogen and oxygen atoms in total. The highest BCUT2D eigenvalue weighted by molar-refractivity contribution is 4.69. The Bertz CT molecular complexity index is 208. The van der Waals surface area contributed by atoms with Gasteiger partial charge in [-0.1, -0.05) is 27.7 Å². The molecular formula is C16H34NO4. The fourth-order valence-corrected chi connectivity index (χ4v) is 1.75. The predicted molar refractivity (Wildman–Crippen MR) is 83.9 cm³/mol. The largest absolute Gasteiger partial charge is 0.336 e. The number of nitrogens with zero attached hydrogens (tertiary/aromatic N) is 1. The summed E-state index contributed by atoms with van der Waals surface area (Å²) in [7, 11) is 0. The van der Waals surface area contributed by atoms with Gasteiger partial charge in [-0.15, -0.1) is 5.32 Å². The van der Waals surface area contributed by atoms with Crippen LogP contribution in [0.1, 0.15) is 67.2 Å². The van der Waals surface area contributed by atoms with Crippen molar-refractivity contribution < 1.29 is 18.9 Å². The van der Waals surface area contributed by atoms with E-state index in [2.05, 4.69) is 33.0 Å². The Kier molecular flexibility index (Phi) is 11.3. The zero-order valence-corrected chi connectivity index (χ0v) is 14.7. The summed E-state index contributed by atoms with van der Waals surface area (Å²) in [5.41, 5.74) is 0. The number of hydrogen-bond acceptors (Lipinski definition) is 4. The van der Waals surface area contributed by atoms with E-state index in [1.807, 2.05) is 13.8 Å². The summed E-state index contributed by atoms with van der Waals surface area (Å²) < 4.78 is 23.2. The van der Waals surface area contributed by atoms with Crippen molar-refractivity contribution in [2.24, 2.45) is 0 Å². The second-order valence-corrected chi connectivity index (χ2v) is 5.30. The van der Waals surface area contributed by atoms with Gasteiger partial charge in [0.2, 0.25) is 11.8 Å². The summed E-state index contributed by atoms with van der Waals surface area (Å²) in [6, 6.07) is 0. The van der Waals surface area contributed by atoms with Crippen LogP contribution in [0.3, 0.4) is 0 Å². The van der Waals surface area contributed by atoms with Gasteiger partial charge >= 0.3 is 0 Å². The molecule has 0 aromatic rings. The fraction of sp³-hybridized carbons (Fsp3) is 1.00. The maximum Gasteiger partial charge on any atom is 0.244 e. The maximum atomic E-state index is 5.79. The predicted octanol–water partition coefficient (Wildman–Crippen LogP) is 3.64. The molecule has 0 aromatic heterocycles. The zero-order chi connectivity index (χ0) is 16.2. The van der Waals surface area contributed by atoms with Gasteiger partial charge < -0.3 is 18.9 Å². The Morgan fingerprint density at radius 3 is 1.00 bits per heavy atom. The normalized spacial score (nSPS) is 12.9. The van der Waals surface area contributed by atoms with Crippen LogP contribution in [0.15, 0.2) is 0 Å². The molecule has 0 unspecified atom stereocenters. The van der Waals surface area contributed by atoms with Crippen LogP contribution in [0.5, 0.6) is 0 Å². The number of hydrogen-bond donors (Lipinski definition) is 0. The zero-order valence-electron chi connectivity index (χ0n) is 14.7. The second kappa shape index (κ2) is 11.4. The van der Waals surface area contributed by atoms with Gasteiger partial charge in [-0.2, -0.15) is 0 Å². The quantitative estimate of drug-likeness (QED) is 0.460. The van der Waals surface area contributed by atoms with Crippen LogP contribution in [0, 0.1) is 0 Å². The summed E-state index contributed by atoms with van der Waals surface area (Å²) in [6.45, 7) is 14.2. The minimum atomic E-state index is -1.04. The summed E-state index contributed by atoms with van der Waals surface area (Å²) in [5.74, 6) is -2.08. The summed E-state index contributed by atoms with van der Waals surface area (Å²) >= 11 is 0. The average Bonchev–Trinajstić information content (AvgIpc) is 2.47. The molecule has 0 aliphatic rings. The van der Waals surface area contributed by atoms with Crippen LogP contribution in [0.2, 0.25) is 0 Å². The Morgan fingerprint density at radius 1 is 0.571 bits per heavy atom. The van der Waals surface area contributed by atoms with Crippen molar-refractivity contribution in [3.05, 3.63) is 0 Å². The molecule has 5 heteroatoms. The molecule has 21 heavy (non-hydrogen) atoms. The van der Waals surface area contributed by atoms with E-state index in [1.54, 1.807) is 0 Å². The molecule has 0 N–H and O–H groups in total. The second-order valence-electron chi connectivity index (χ2n) is 5.30. The molecule has 0 rings (SSSR count). The minimum Gasteiger partial charge on any atom is -0.336 e. The van der Waals surface area contributed by atoms with Crippen molar-refractivity contribution in [3.8, 4) is 0 Å². The van der Waals surface area contributed by atoms with Gasteiger partial charge in [0.05, 0.1) is 26.4 Å². The Labute approximate surface area is 130 Å². The molecule has 0 spiro atoms. The van der Waals surface area contributed by atoms with Gasteiger partial charge in [0.25, 0.3) is 0 Å². The maximum absolute atomic E-state index is 5.79. The van der Waals surface area contributed by atoms with E-state index < -0.39 is 11.8 Å². The minimum absolute atomic E-state index is 0.585. The lowest BCUT2D eigenvalue weighted by Crippen LogP contribution is -2.55. The van der Waals surface area contributed by atoms with E-state index in [9.17, 15) is 0 Å². The first-order chi connectivity index (χ1) is 9.95. The van der Waals surface area contributed by atoms with Gasteiger partial charge in [-0.25, -0.2) is 0 Å². The van der Waals surface area contributed by atoms with E-state index in [4.69, 9.17) is 18.9 Å². The van der Waals surface area contributed by atoms with Gasteiger partial charge in [0, 0.05) is 13.8 Å². The lowest BCUT2D eigenvalue weighted by molar-refractivity contribution is -0.335. The number of rotatable bonds is 14. The average molecular weight is 304 g/mol. The van der Waals surface area contributed by atoms with E-state index in [-0.39, 0.29) is 0 Å². The molecule has 0 heterocycles. The monoisotopic (exact) mass is 304 g/mol. The summed E-state index contributed by atoms with van der Waals surface area (Å²) in [6.07, 6.45) is 3.62. The van der Waals surface area contributed by atoms with E-state index in [1.165, 1.54) is 0 Å². The molecule has 0 fully saturated rings. The lowest BCUT2D eigenvalue weighted by Gasteiger charge is -2.38. The molecule has 0 amide bonds. The molecule has 0 bridgehead atoms. The van der Waals surface area contributed by atoms with Crippen molar-refractivity contribution in [2.45, 2.75) is 79.0 Å². The van der Waals surface area contributed by atoms with Crippen LogP contribution in [0.4, 0.5) is 0 Å². The van der Waals surface area contributed by atoms with Crippen LogP contribution < -0.4 is 5.32 Å². The van der Waals surface area contributed by atoms with Crippen LogP contribution in [0.25, 0.3) is 0 Å². The highest BCUT2D eigenvalue weighted by Gasteiger charge is 2.39. The van der Waals surface area contributed by atoms with Gasteiger partial charge in [-0.3, -0.25) is 0 Å². The Balaban J connectivity index is 4.80. The van der Waals surface area contributed by atoms with E-state index in [0.29, 0.717) is 26.4 Å². The Morgan fingerprint density at radius 2 is 0.810 bits per heavy atom. The first kappa shape index (κ1) is 20.8. The molecule has 127 valence electrons. The third-order valence-electron chi connectivity index (χ3n) is 2.70. The van der Waals surface area contributed by atoms with Crippen molar-refractivity contribution in [1.82, 2.24) is 5.32 Å². The van der Waals surface area contributed by atoms with Crippen LogP contribution >= 0.6 is 0 Å². The van der Waals surface area contributed by atoms with Crippen molar-refractivity contribution in [2.75, 3.05) is 26.4 Å². The van der Waals surface area contributed by atoms with Crippen molar-refractivity contribution in [3.63, 3.8) is 0 Å². The molecule has 0 atom stereocenters. The highest BCUT2D eigenvalue weighted by Crippen LogP contribution is 2.21. The van der Waals surface area contributed by atoms with E-state index >= 15 is 0 Å². The summed E-state index contributed by atoms with van der Waals surface area (Å²) in [4.78, 5) is 0. The third kappa shape index (κ3) is 9.42. The molecule has 0 aliphatic carbocycles. The SMILES string of the molecule is CCCOC(C)([N]C(C)(OCCC)OCCC)OCCC. The summed E-state index contributed by atoms with van der Waals surface area (Å²) in [5, 5.41) is 4.60. The lowest BCUT2D eigenvalue weighted by atomic mass is 10.4. The van der Waals surface area contributed by atoms with Gasteiger partial charge in [0.1, 0.15) is 0 Å². The van der Waals surface area contributed by atoms with Crippen LogP contribution in [-0.4, -0.2) is 38.2 Å². The fourth-order valence-electron chi connectivity index (χ4n) is 1.75. The highest BCUT2D eigenvalue weighted by atomic mass is 16.8. The molecule has 1 radical (unpaired) electrons. The smallest absolute Gasteiger partial charge is 0.244 e. The van der Waals surface area contributed by atoms with Crippen LogP contribution in [-0.2, 0) is 18.9 Å². The topological polar surface area (TPSA) is 51.0 Å². The van der Waals surface area contributed by atoms with Gasteiger partial charge in [-0.05, 0) is 25.7 Å². The third-order valence-corrected chi connectivity index (χ3v) is 2.70. The van der Waals surface area contributed by atoms with Crippen molar-refractivity contribution in [1.29, 1.82) is 0 Å². The molecule has 0 saturated heterocycles. The number of ether oxygens (including phenoxy) is 4. The Hall–Kier alpha value is -0.200. The first-order valence-corrected chi connectivity index (χ1v) is 8.25. The molecule has 0 aliphatic heterocycles. The van der Waals surface area contributed by atoms with Gasteiger partial charge in [0.15, 0.2) is 0 Å². The molecular weight excluding hydrogens is 270 g/mol. The molecule has 0 aromatic carbocycles. The molecule has 0 saturated carbocycles.